The molecule has 0 saturated carbocycles. The Balaban J connectivity index is 1.97. The minimum absolute atomic E-state index is 0.423. The van der Waals surface area contributed by atoms with Crippen molar-refractivity contribution in [3.8, 4) is 0 Å². The zero-order valence-corrected chi connectivity index (χ0v) is 14.3. The van der Waals surface area contributed by atoms with Crippen LogP contribution in [0.25, 0.3) is 0 Å². The molecule has 1 aliphatic rings. The summed E-state index contributed by atoms with van der Waals surface area (Å²) < 4.78 is 0. The Kier molecular flexibility index (Phi) is 5.80. The first-order valence-electron chi connectivity index (χ1n) is 8.17. The molecule has 0 aliphatic carbocycles. The Bertz CT molecular complexity index is 425. The van der Waals surface area contributed by atoms with Gasteiger partial charge < -0.3 is 10.2 Å². The van der Waals surface area contributed by atoms with Crippen LogP contribution in [0.3, 0.4) is 0 Å². The monoisotopic (exact) mass is 289 g/mol. The standard InChI is InChI=1S/C18H31N3/c1-14(2)15-6-8-16(9-7-15)18(19-3)13-21-11-10-17(12-21)20(4)5/h6-9,14,17-19H,10-13H2,1-5H3. The van der Waals surface area contributed by atoms with Crippen LogP contribution < -0.4 is 5.32 Å². The van der Waals surface area contributed by atoms with Crippen LogP contribution in [-0.4, -0.2) is 56.6 Å². The van der Waals surface area contributed by atoms with E-state index >= 15 is 0 Å². The normalized spacial score (nSPS) is 21.4. The summed E-state index contributed by atoms with van der Waals surface area (Å²) in [6, 6.07) is 10.3. The van der Waals surface area contributed by atoms with Gasteiger partial charge in [0.05, 0.1) is 0 Å². The van der Waals surface area contributed by atoms with Crippen molar-refractivity contribution < 1.29 is 0 Å². The van der Waals surface area contributed by atoms with E-state index in [1.807, 2.05) is 0 Å². The van der Waals surface area contributed by atoms with Gasteiger partial charge in [0.15, 0.2) is 0 Å². The van der Waals surface area contributed by atoms with Crippen LogP contribution in [0.2, 0.25) is 0 Å². The molecule has 2 unspecified atom stereocenters. The highest BCUT2D eigenvalue weighted by Crippen LogP contribution is 2.21. The summed E-state index contributed by atoms with van der Waals surface area (Å²) in [5.41, 5.74) is 2.82. The third-order valence-corrected chi connectivity index (χ3v) is 4.77. The molecular formula is C18H31N3. The Morgan fingerprint density at radius 3 is 2.29 bits per heavy atom. The Morgan fingerprint density at radius 2 is 1.81 bits per heavy atom. The number of benzene rings is 1. The van der Waals surface area contributed by atoms with Crippen molar-refractivity contribution in [1.82, 2.24) is 15.1 Å². The number of rotatable bonds is 6. The molecule has 1 fully saturated rings. The van der Waals surface area contributed by atoms with Gasteiger partial charge in [-0.1, -0.05) is 38.1 Å². The maximum atomic E-state index is 3.48. The van der Waals surface area contributed by atoms with Gasteiger partial charge in [-0.3, -0.25) is 4.90 Å². The molecule has 1 aromatic rings. The fourth-order valence-corrected chi connectivity index (χ4v) is 3.13. The maximum Gasteiger partial charge on any atom is 0.0446 e. The summed E-state index contributed by atoms with van der Waals surface area (Å²) >= 11 is 0. The third kappa shape index (κ3) is 4.29. The van der Waals surface area contributed by atoms with Crippen molar-refractivity contribution >= 4 is 0 Å². The molecule has 1 N–H and O–H groups in total. The van der Waals surface area contributed by atoms with E-state index in [0.29, 0.717) is 18.0 Å². The second kappa shape index (κ2) is 7.39. The van der Waals surface area contributed by atoms with Gasteiger partial charge in [0.1, 0.15) is 0 Å². The van der Waals surface area contributed by atoms with Crippen molar-refractivity contribution in [2.24, 2.45) is 0 Å². The lowest BCUT2D eigenvalue weighted by Gasteiger charge is -2.25. The van der Waals surface area contributed by atoms with Gasteiger partial charge in [0.25, 0.3) is 0 Å². The van der Waals surface area contributed by atoms with E-state index in [1.165, 1.54) is 30.6 Å². The molecule has 2 rings (SSSR count). The smallest absolute Gasteiger partial charge is 0.0446 e. The lowest BCUT2D eigenvalue weighted by molar-refractivity contribution is 0.253. The highest BCUT2D eigenvalue weighted by molar-refractivity contribution is 5.27. The molecule has 0 aromatic heterocycles. The Hall–Kier alpha value is -0.900. The predicted octanol–water partition coefficient (Wildman–Crippen LogP) is 2.71. The van der Waals surface area contributed by atoms with Gasteiger partial charge in [-0.25, -0.2) is 0 Å². The highest BCUT2D eigenvalue weighted by atomic mass is 15.2. The fourth-order valence-electron chi connectivity index (χ4n) is 3.13. The quantitative estimate of drug-likeness (QED) is 0.869. The highest BCUT2D eigenvalue weighted by Gasteiger charge is 2.25. The molecule has 2 atom stereocenters. The summed E-state index contributed by atoms with van der Waals surface area (Å²) in [7, 11) is 6.45. The van der Waals surface area contributed by atoms with Crippen molar-refractivity contribution in [2.45, 2.75) is 38.3 Å². The number of likely N-dealkylation sites (N-methyl/N-ethyl adjacent to an activating group) is 2. The zero-order valence-electron chi connectivity index (χ0n) is 14.3. The third-order valence-electron chi connectivity index (χ3n) is 4.77. The van der Waals surface area contributed by atoms with Crippen LogP contribution >= 0.6 is 0 Å². The van der Waals surface area contributed by atoms with E-state index in [-0.39, 0.29) is 0 Å². The van der Waals surface area contributed by atoms with Crippen LogP contribution in [0.5, 0.6) is 0 Å². The van der Waals surface area contributed by atoms with Crippen molar-refractivity contribution in [3.05, 3.63) is 35.4 Å². The molecule has 3 nitrogen and oxygen atoms in total. The average molecular weight is 289 g/mol. The average Bonchev–Trinajstić information content (AvgIpc) is 2.93. The van der Waals surface area contributed by atoms with E-state index in [9.17, 15) is 0 Å². The van der Waals surface area contributed by atoms with E-state index < -0.39 is 0 Å². The molecule has 0 amide bonds. The van der Waals surface area contributed by atoms with Crippen molar-refractivity contribution in [1.29, 1.82) is 0 Å². The summed E-state index contributed by atoms with van der Waals surface area (Å²) in [5, 5.41) is 3.48. The van der Waals surface area contributed by atoms with Gasteiger partial charge in [-0.15, -0.1) is 0 Å². The molecule has 0 bridgehead atoms. The topological polar surface area (TPSA) is 18.5 Å². The second-order valence-corrected chi connectivity index (χ2v) is 6.83. The maximum absolute atomic E-state index is 3.48. The molecule has 21 heavy (non-hydrogen) atoms. The van der Waals surface area contributed by atoms with E-state index in [4.69, 9.17) is 0 Å². The lowest BCUT2D eigenvalue weighted by atomic mass is 9.99. The predicted molar refractivity (Wildman–Crippen MR) is 90.9 cm³/mol. The summed E-state index contributed by atoms with van der Waals surface area (Å²) in [6.45, 7) is 7.99. The lowest BCUT2D eigenvalue weighted by Crippen LogP contribution is -2.35. The zero-order chi connectivity index (χ0) is 15.4. The molecule has 3 heteroatoms. The number of hydrogen-bond acceptors (Lipinski definition) is 3. The van der Waals surface area contributed by atoms with Gasteiger partial charge in [0, 0.05) is 25.2 Å². The number of nitrogens with one attached hydrogen (secondary N) is 1. The van der Waals surface area contributed by atoms with E-state index in [1.54, 1.807) is 0 Å². The molecule has 1 heterocycles. The van der Waals surface area contributed by atoms with Crippen molar-refractivity contribution in [2.75, 3.05) is 40.8 Å². The van der Waals surface area contributed by atoms with Crippen LogP contribution in [0.15, 0.2) is 24.3 Å². The minimum atomic E-state index is 0.423. The molecule has 1 aliphatic heterocycles. The van der Waals surface area contributed by atoms with Gasteiger partial charge in [-0.05, 0) is 51.2 Å². The second-order valence-electron chi connectivity index (χ2n) is 6.83. The van der Waals surface area contributed by atoms with Crippen LogP contribution in [-0.2, 0) is 0 Å². The molecule has 0 radical (unpaired) electrons. The van der Waals surface area contributed by atoms with Crippen LogP contribution in [0, 0.1) is 0 Å². The van der Waals surface area contributed by atoms with E-state index in [2.05, 4.69) is 74.4 Å². The first kappa shape index (κ1) is 16.5. The van der Waals surface area contributed by atoms with Crippen molar-refractivity contribution in [3.63, 3.8) is 0 Å². The molecule has 1 aromatic carbocycles. The first-order chi connectivity index (χ1) is 10.0. The largest absolute Gasteiger partial charge is 0.312 e. The summed E-state index contributed by atoms with van der Waals surface area (Å²) in [6.07, 6.45) is 1.29. The van der Waals surface area contributed by atoms with Crippen LogP contribution in [0.1, 0.15) is 43.4 Å². The van der Waals surface area contributed by atoms with Gasteiger partial charge in [-0.2, -0.15) is 0 Å². The van der Waals surface area contributed by atoms with Gasteiger partial charge >= 0.3 is 0 Å². The Morgan fingerprint density at radius 1 is 1.19 bits per heavy atom. The van der Waals surface area contributed by atoms with Crippen LogP contribution in [0.4, 0.5) is 0 Å². The fraction of sp³-hybridized carbons (Fsp3) is 0.667. The summed E-state index contributed by atoms with van der Waals surface area (Å²) in [5.74, 6) is 0.603. The molecule has 118 valence electrons. The van der Waals surface area contributed by atoms with Gasteiger partial charge in [0.2, 0.25) is 0 Å². The minimum Gasteiger partial charge on any atom is -0.312 e. The number of nitrogens with zero attached hydrogens (tertiary/aromatic N) is 2. The molecular weight excluding hydrogens is 258 g/mol. The SMILES string of the molecule is CNC(CN1CCC(N(C)C)C1)c1ccc(C(C)C)cc1. The number of likely N-dealkylation sites (tertiary alicyclic amines) is 1. The first-order valence-corrected chi connectivity index (χ1v) is 8.17. The molecule has 0 spiro atoms. The van der Waals surface area contributed by atoms with E-state index in [0.717, 1.165) is 6.54 Å². The Labute approximate surface area is 130 Å². The number of hydrogen-bond donors (Lipinski definition) is 1. The summed E-state index contributed by atoms with van der Waals surface area (Å²) in [4.78, 5) is 4.94. The molecule has 1 saturated heterocycles.